The molecule has 1 aromatic rings. The molecule has 2 rings (SSSR count). The Bertz CT molecular complexity index is 530. The molecule has 4 nitrogen and oxygen atoms in total. The van der Waals surface area contributed by atoms with Crippen molar-refractivity contribution in [1.82, 2.24) is 10.6 Å². The van der Waals surface area contributed by atoms with Gasteiger partial charge in [0.25, 0.3) is 0 Å². The lowest BCUT2D eigenvalue weighted by molar-refractivity contribution is 0.0243. The number of benzene rings is 1. The fourth-order valence-corrected chi connectivity index (χ4v) is 2.60. The fraction of sp³-hybridized carbons (Fsp3) is 0.562. The fourth-order valence-electron chi connectivity index (χ4n) is 2.40. The Labute approximate surface area is 136 Å². The van der Waals surface area contributed by atoms with Gasteiger partial charge in [-0.05, 0) is 44.4 Å². The number of aliphatic imine (C=N–C) groups is 1. The maximum atomic E-state index is 13.1. The third-order valence-corrected chi connectivity index (χ3v) is 3.97. The molecular weight excluding hydrogens is 305 g/mol. The predicted octanol–water partition coefficient (Wildman–Crippen LogP) is 3.10. The molecule has 0 radical (unpaired) electrons. The molecule has 22 heavy (non-hydrogen) atoms. The highest BCUT2D eigenvalue weighted by molar-refractivity contribution is 6.30. The Hall–Kier alpha value is -1.33. The van der Waals surface area contributed by atoms with Gasteiger partial charge < -0.3 is 15.4 Å². The molecule has 0 aliphatic carbocycles. The van der Waals surface area contributed by atoms with Crippen LogP contribution in [0.1, 0.15) is 32.3 Å². The number of halogens is 2. The molecule has 1 aromatic carbocycles. The summed E-state index contributed by atoms with van der Waals surface area (Å²) < 4.78 is 18.9. The van der Waals surface area contributed by atoms with E-state index in [4.69, 9.17) is 16.3 Å². The van der Waals surface area contributed by atoms with Crippen molar-refractivity contribution >= 4 is 17.6 Å². The second-order valence-electron chi connectivity index (χ2n) is 5.70. The Morgan fingerprint density at radius 3 is 2.91 bits per heavy atom. The van der Waals surface area contributed by atoms with E-state index in [2.05, 4.69) is 22.5 Å². The van der Waals surface area contributed by atoms with E-state index in [0.717, 1.165) is 37.5 Å². The molecule has 0 saturated carbocycles. The van der Waals surface area contributed by atoms with Crippen LogP contribution >= 0.6 is 11.6 Å². The predicted molar refractivity (Wildman–Crippen MR) is 87.8 cm³/mol. The molecule has 1 fully saturated rings. The largest absolute Gasteiger partial charge is 0.373 e. The number of nitrogens with one attached hydrogen (secondary N) is 2. The van der Waals surface area contributed by atoms with Crippen LogP contribution in [-0.2, 0) is 11.3 Å². The van der Waals surface area contributed by atoms with Crippen molar-refractivity contribution in [3.8, 4) is 0 Å². The maximum Gasteiger partial charge on any atom is 0.191 e. The van der Waals surface area contributed by atoms with Crippen LogP contribution in [0.2, 0.25) is 5.02 Å². The molecule has 6 heteroatoms. The van der Waals surface area contributed by atoms with Crippen LogP contribution in [0.25, 0.3) is 0 Å². The van der Waals surface area contributed by atoms with Crippen molar-refractivity contribution in [3.63, 3.8) is 0 Å². The number of ether oxygens (including phenoxy) is 1. The molecular formula is C16H23ClFN3O. The van der Waals surface area contributed by atoms with Gasteiger partial charge in [-0.15, -0.1) is 0 Å². The van der Waals surface area contributed by atoms with Gasteiger partial charge in [0.1, 0.15) is 5.82 Å². The van der Waals surface area contributed by atoms with Crippen LogP contribution in [0.15, 0.2) is 23.2 Å². The SMILES string of the molecule is CCNC(=NCc1ccc(F)c(Cl)c1)NCC1(C)CCCO1. The van der Waals surface area contributed by atoms with E-state index in [-0.39, 0.29) is 10.6 Å². The summed E-state index contributed by atoms with van der Waals surface area (Å²) in [6.45, 7) is 6.86. The molecule has 1 aliphatic rings. The molecule has 0 spiro atoms. The third-order valence-electron chi connectivity index (χ3n) is 3.68. The van der Waals surface area contributed by atoms with Gasteiger partial charge in [-0.25, -0.2) is 9.38 Å². The van der Waals surface area contributed by atoms with Crippen molar-refractivity contribution in [2.75, 3.05) is 19.7 Å². The highest BCUT2D eigenvalue weighted by atomic mass is 35.5. The summed E-state index contributed by atoms with van der Waals surface area (Å²) in [6, 6.07) is 4.65. The zero-order valence-corrected chi connectivity index (χ0v) is 13.8. The van der Waals surface area contributed by atoms with Gasteiger partial charge in [0.15, 0.2) is 5.96 Å². The van der Waals surface area contributed by atoms with Crippen LogP contribution in [0, 0.1) is 5.82 Å². The first-order valence-electron chi connectivity index (χ1n) is 7.62. The number of rotatable bonds is 5. The van der Waals surface area contributed by atoms with Crippen molar-refractivity contribution in [3.05, 3.63) is 34.6 Å². The first-order chi connectivity index (χ1) is 10.5. The number of hydrogen-bond donors (Lipinski definition) is 2. The van der Waals surface area contributed by atoms with Crippen molar-refractivity contribution in [2.24, 2.45) is 4.99 Å². The highest BCUT2D eigenvalue weighted by Gasteiger charge is 2.29. The van der Waals surface area contributed by atoms with Crippen LogP contribution < -0.4 is 10.6 Å². The molecule has 1 aliphatic heterocycles. The summed E-state index contributed by atoms with van der Waals surface area (Å²) in [5, 5.41) is 6.63. The van der Waals surface area contributed by atoms with Gasteiger partial charge in [-0.1, -0.05) is 17.7 Å². The lowest BCUT2D eigenvalue weighted by atomic mass is 10.0. The zero-order chi connectivity index (χ0) is 16.0. The maximum absolute atomic E-state index is 13.1. The smallest absolute Gasteiger partial charge is 0.191 e. The van der Waals surface area contributed by atoms with E-state index in [9.17, 15) is 4.39 Å². The minimum atomic E-state index is -0.411. The number of hydrogen-bond acceptors (Lipinski definition) is 2. The van der Waals surface area contributed by atoms with Crippen molar-refractivity contribution < 1.29 is 9.13 Å². The molecule has 2 N–H and O–H groups in total. The summed E-state index contributed by atoms with van der Waals surface area (Å²) in [5.41, 5.74) is 0.738. The summed E-state index contributed by atoms with van der Waals surface area (Å²) >= 11 is 5.78. The second-order valence-corrected chi connectivity index (χ2v) is 6.11. The summed E-state index contributed by atoms with van der Waals surface area (Å²) in [5.74, 6) is 0.311. The van der Waals surface area contributed by atoms with Gasteiger partial charge >= 0.3 is 0 Å². The monoisotopic (exact) mass is 327 g/mol. The van der Waals surface area contributed by atoms with Gasteiger partial charge in [0, 0.05) is 19.7 Å². The van der Waals surface area contributed by atoms with Crippen LogP contribution in [0.5, 0.6) is 0 Å². The normalized spacial score (nSPS) is 21.9. The van der Waals surface area contributed by atoms with E-state index in [1.807, 2.05) is 6.92 Å². The lowest BCUT2D eigenvalue weighted by Crippen LogP contribution is -2.45. The summed E-state index contributed by atoms with van der Waals surface area (Å²) in [7, 11) is 0. The Kier molecular flexibility index (Phi) is 6.03. The first kappa shape index (κ1) is 17.0. The molecule has 1 saturated heterocycles. The lowest BCUT2D eigenvalue weighted by Gasteiger charge is -2.24. The van der Waals surface area contributed by atoms with Crippen LogP contribution in [-0.4, -0.2) is 31.3 Å². The molecule has 0 bridgehead atoms. The highest BCUT2D eigenvalue weighted by Crippen LogP contribution is 2.23. The molecule has 0 amide bonds. The minimum Gasteiger partial charge on any atom is -0.373 e. The minimum absolute atomic E-state index is 0.123. The van der Waals surface area contributed by atoms with Gasteiger partial charge in [0.2, 0.25) is 0 Å². The van der Waals surface area contributed by atoms with E-state index in [0.29, 0.717) is 13.1 Å². The summed E-state index contributed by atoms with van der Waals surface area (Å²) in [6.07, 6.45) is 2.15. The molecule has 122 valence electrons. The Morgan fingerprint density at radius 2 is 2.27 bits per heavy atom. The number of guanidine groups is 1. The molecule has 1 atom stereocenters. The average Bonchev–Trinajstić information content (AvgIpc) is 2.93. The van der Waals surface area contributed by atoms with Crippen LogP contribution in [0.4, 0.5) is 4.39 Å². The summed E-state index contributed by atoms with van der Waals surface area (Å²) in [4.78, 5) is 4.50. The standard InChI is InChI=1S/C16H23ClFN3O/c1-3-19-15(21-11-16(2)7-4-8-22-16)20-10-12-5-6-14(18)13(17)9-12/h5-6,9H,3-4,7-8,10-11H2,1-2H3,(H2,19,20,21). The van der Waals surface area contributed by atoms with E-state index in [1.165, 1.54) is 6.07 Å². The van der Waals surface area contributed by atoms with Gasteiger partial charge in [0.05, 0.1) is 17.2 Å². The average molecular weight is 328 g/mol. The molecule has 1 unspecified atom stereocenters. The van der Waals surface area contributed by atoms with E-state index in [1.54, 1.807) is 12.1 Å². The van der Waals surface area contributed by atoms with Crippen molar-refractivity contribution in [1.29, 1.82) is 0 Å². The second kappa shape index (κ2) is 7.79. The van der Waals surface area contributed by atoms with Crippen molar-refractivity contribution in [2.45, 2.75) is 38.8 Å². The Balaban J connectivity index is 1.95. The third kappa shape index (κ3) is 4.85. The quantitative estimate of drug-likeness (QED) is 0.645. The van der Waals surface area contributed by atoms with E-state index >= 15 is 0 Å². The Morgan fingerprint density at radius 1 is 1.45 bits per heavy atom. The molecule has 1 heterocycles. The molecule has 0 aromatic heterocycles. The zero-order valence-electron chi connectivity index (χ0n) is 13.1. The van der Waals surface area contributed by atoms with Gasteiger partial charge in [-0.2, -0.15) is 0 Å². The van der Waals surface area contributed by atoms with Gasteiger partial charge in [-0.3, -0.25) is 0 Å². The number of nitrogens with zero attached hydrogens (tertiary/aromatic N) is 1. The topological polar surface area (TPSA) is 45.7 Å². The first-order valence-corrected chi connectivity index (χ1v) is 8.00. The van der Waals surface area contributed by atoms with E-state index < -0.39 is 5.82 Å². The van der Waals surface area contributed by atoms with Crippen LogP contribution in [0.3, 0.4) is 0 Å².